The number of anilines is 1. The fraction of sp³-hybridized carbons (Fsp3) is 0.316. The predicted molar refractivity (Wildman–Crippen MR) is 95.9 cm³/mol. The number of carbonyl (C=O) groups is 2. The summed E-state index contributed by atoms with van der Waals surface area (Å²) < 4.78 is 0. The van der Waals surface area contributed by atoms with Crippen molar-refractivity contribution in [1.29, 1.82) is 0 Å². The molecule has 2 N–H and O–H groups in total. The van der Waals surface area contributed by atoms with E-state index in [1.165, 1.54) is 0 Å². The molecule has 130 valence electrons. The van der Waals surface area contributed by atoms with Gasteiger partial charge in [0, 0.05) is 31.4 Å². The van der Waals surface area contributed by atoms with E-state index in [-0.39, 0.29) is 11.9 Å². The molecule has 0 atom stereocenters. The predicted octanol–water partition coefficient (Wildman–Crippen LogP) is 2.83. The van der Waals surface area contributed by atoms with Crippen LogP contribution in [0.1, 0.15) is 29.7 Å². The van der Waals surface area contributed by atoms with Gasteiger partial charge in [0.1, 0.15) is 0 Å². The molecule has 3 rings (SSSR count). The molecule has 6 nitrogen and oxygen atoms in total. The number of rotatable bonds is 5. The largest absolute Gasteiger partial charge is 0.338 e. The summed E-state index contributed by atoms with van der Waals surface area (Å²) >= 11 is 0. The van der Waals surface area contributed by atoms with E-state index < -0.39 is 0 Å². The van der Waals surface area contributed by atoms with Crippen molar-refractivity contribution in [3.05, 3.63) is 59.4 Å². The molecule has 2 heterocycles. The molecule has 1 fully saturated rings. The minimum Gasteiger partial charge on any atom is -0.338 e. The van der Waals surface area contributed by atoms with E-state index in [0.717, 1.165) is 29.8 Å². The number of hydrogen-bond donors (Lipinski definition) is 2. The summed E-state index contributed by atoms with van der Waals surface area (Å²) in [7, 11) is 0. The Labute approximate surface area is 147 Å². The van der Waals surface area contributed by atoms with Gasteiger partial charge in [-0.2, -0.15) is 0 Å². The Bertz CT molecular complexity index is 776. The minimum absolute atomic E-state index is 0.196. The maximum Gasteiger partial charge on any atom is 0.319 e. The quantitative estimate of drug-likeness (QED) is 0.880. The Kier molecular flexibility index (Phi) is 5.28. The third-order valence-electron chi connectivity index (χ3n) is 4.26. The van der Waals surface area contributed by atoms with E-state index >= 15 is 0 Å². The van der Waals surface area contributed by atoms with E-state index in [2.05, 4.69) is 15.6 Å². The Balaban J connectivity index is 1.55. The second-order valence-corrected chi connectivity index (χ2v) is 6.19. The van der Waals surface area contributed by atoms with E-state index in [1.54, 1.807) is 6.20 Å². The summed E-state index contributed by atoms with van der Waals surface area (Å²) in [6, 6.07) is 11.1. The van der Waals surface area contributed by atoms with Gasteiger partial charge in [0.2, 0.25) is 5.91 Å². The molecule has 0 radical (unpaired) electrons. The lowest BCUT2D eigenvalue weighted by Gasteiger charge is -2.16. The molecule has 3 amide bonds. The van der Waals surface area contributed by atoms with Crippen LogP contribution in [0.25, 0.3) is 0 Å². The number of hydrogen-bond acceptors (Lipinski definition) is 3. The lowest BCUT2D eigenvalue weighted by Crippen LogP contribution is -2.29. The lowest BCUT2D eigenvalue weighted by atomic mass is 10.2. The highest BCUT2D eigenvalue weighted by molar-refractivity contribution is 5.89. The smallest absolute Gasteiger partial charge is 0.319 e. The standard InChI is InChI=1S/C19H22N4O2/c1-14-5-3-9-20-17(14)12-21-19(25)22-16-7-2-6-15(11-16)13-23-10-4-8-18(23)24/h2-3,5-7,9,11H,4,8,10,12-13H2,1H3,(H2,21,22,25). The highest BCUT2D eigenvalue weighted by Crippen LogP contribution is 2.17. The second kappa shape index (κ2) is 7.79. The third-order valence-corrected chi connectivity index (χ3v) is 4.26. The van der Waals surface area contributed by atoms with Gasteiger partial charge in [0.05, 0.1) is 12.2 Å². The van der Waals surface area contributed by atoms with E-state index in [4.69, 9.17) is 0 Å². The maximum absolute atomic E-state index is 12.1. The molecule has 0 bridgehead atoms. The van der Waals surface area contributed by atoms with Gasteiger partial charge in [0.15, 0.2) is 0 Å². The van der Waals surface area contributed by atoms with Crippen LogP contribution in [0.5, 0.6) is 0 Å². The summed E-state index contributed by atoms with van der Waals surface area (Å²) in [4.78, 5) is 29.9. The molecule has 1 aliphatic heterocycles. The van der Waals surface area contributed by atoms with Gasteiger partial charge < -0.3 is 15.5 Å². The van der Waals surface area contributed by atoms with Crippen molar-refractivity contribution < 1.29 is 9.59 Å². The zero-order valence-electron chi connectivity index (χ0n) is 14.3. The maximum atomic E-state index is 12.1. The number of carbonyl (C=O) groups excluding carboxylic acids is 2. The average molecular weight is 338 g/mol. The van der Waals surface area contributed by atoms with Crippen LogP contribution in [-0.2, 0) is 17.9 Å². The fourth-order valence-corrected chi connectivity index (χ4v) is 2.88. The molecule has 0 aliphatic carbocycles. The number of amides is 3. The molecular weight excluding hydrogens is 316 g/mol. The van der Waals surface area contributed by atoms with Crippen LogP contribution in [0.15, 0.2) is 42.6 Å². The SMILES string of the molecule is Cc1cccnc1CNC(=O)Nc1cccc(CN2CCCC2=O)c1. The van der Waals surface area contributed by atoms with Crippen LogP contribution in [0.3, 0.4) is 0 Å². The summed E-state index contributed by atoms with van der Waals surface area (Å²) in [6.45, 7) is 3.73. The molecule has 0 unspecified atom stereocenters. The number of pyridine rings is 1. The second-order valence-electron chi connectivity index (χ2n) is 6.19. The fourth-order valence-electron chi connectivity index (χ4n) is 2.88. The van der Waals surface area contributed by atoms with E-state index in [0.29, 0.717) is 25.2 Å². The van der Waals surface area contributed by atoms with Gasteiger partial charge in [-0.15, -0.1) is 0 Å². The zero-order chi connectivity index (χ0) is 17.6. The summed E-state index contributed by atoms with van der Waals surface area (Å²) in [5, 5.41) is 5.64. The zero-order valence-corrected chi connectivity index (χ0v) is 14.3. The Hall–Kier alpha value is -2.89. The molecule has 6 heteroatoms. The van der Waals surface area contributed by atoms with Gasteiger partial charge in [-0.05, 0) is 42.7 Å². The molecule has 2 aromatic rings. The number of aromatic nitrogens is 1. The topological polar surface area (TPSA) is 74.3 Å². The van der Waals surface area contributed by atoms with Crippen molar-refractivity contribution >= 4 is 17.6 Å². The first-order valence-electron chi connectivity index (χ1n) is 8.44. The average Bonchev–Trinajstić information content (AvgIpc) is 2.99. The number of nitrogens with one attached hydrogen (secondary N) is 2. The normalized spacial score (nSPS) is 13.8. The Morgan fingerprint density at radius 2 is 2.16 bits per heavy atom. The van der Waals surface area contributed by atoms with Crippen LogP contribution < -0.4 is 10.6 Å². The van der Waals surface area contributed by atoms with Gasteiger partial charge in [0.25, 0.3) is 0 Å². The molecule has 1 aromatic carbocycles. The van der Waals surface area contributed by atoms with Crippen LogP contribution >= 0.6 is 0 Å². The molecular formula is C19H22N4O2. The van der Waals surface area contributed by atoms with Gasteiger partial charge in [-0.3, -0.25) is 9.78 Å². The van der Waals surface area contributed by atoms with Crippen LogP contribution in [0.4, 0.5) is 10.5 Å². The Morgan fingerprint density at radius 3 is 2.92 bits per heavy atom. The molecule has 25 heavy (non-hydrogen) atoms. The monoisotopic (exact) mass is 338 g/mol. The first-order chi connectivity index (χ1) is 12.1. The molecule has 0 saturated carbocycles. The molecule has 1 aliphatic rings. The Morgan fingerprint density at radius 1 is 1.28 bits per heavy atom. The highest BCUT2D eigenvalue weighted by Gasteiger charge is 2.20. The van der Waals surface area contributed by atoms with Gasteiger partial charge in [-0.1, -0.05) is 18.2 Å². The first-order valence-corrected chi connectivity index (χ1v) is 8.44. The third kappa shape index (κ3) is 4.56. The first kappa shape index (κ1) is 17.0. The number of urea groups is 1. The highest BCUT2D eigenvalue weighted by atomic mass is 16.2. The van der Waals surface area contributed by atoms with Gasteiger partial charge >= 0.3 is 6.03 Å². The van der Waals surface area contributed by atoms with Crippen molar-refractivity contribution in [2.24, 2.45) is 0 Å². The van der Waals surface area contributed by atoms with Crippen molar-refractivity contribution in [3.63, 3.8) is 0 Å². The number of benzene rings is 1. The lowest BCUT2D eigenvalue weighted by molar-refractivity contribution is -0.128. The van der Waals surface area contributed by atoms with Crippen molar-refractivity contribution in [1.82, 2.24) is 15.2 Å². The molecule has 1 aromatic heterocycles. The van der Waals surface area contributed by atoms with Crippen LogP contribution in [0.2, 0.25) is 0 Å². The number of nitrogens with zero attached hydrogens (tertiary/aromatic N) is 2. The summed E-state index contributed by atoms with van der Waals surface area (Å²) in [5.74, 6) is 0.196. The van der Waals surface area contributed by atoms with Crippen LogP contribution in [-0.4, -0.2) is 28.4 Å². The molecule has 1 saturated heterocycles. The van der Waals surface area contributed by atoms with E-state index in [1.807, 2.05) is 48.2 Å². The van der Waals surface area contributed by atoms with Crippen molar-refractivity contribution in [2.75, 3.05) is 11.9 Å². The van der Waals surface area contributed by atoms with E-state index in [9.17, 15) is 9.59 Å². The minimum atomic E-state index is -0.278. The summed E-state index contributed by atoms with van der Waals surface area (Å²) in [5.41, 5.74) is 3.60. The van der Waals surface area contributed by atoms with Crippen LogP contribution in [0, 0.1) is 6.92 Å². The summed E-state index contributed by atoms with van der Waals surface area (Å²) in [6.07, 6.45) is 3.27. The van der Waals surface area contributed by atoms with Crippen molar-refractivity contribution in [3.8, 4) is 0 Å². The number of likely N-dealkylation sites (tertiary alicyclic amines) is 1. The van der Waals surface area contributed by atoms with Crippen molar-refractivity contribution in [2.45, 2.75) is 32.9 Å². The number of aryl methyl sites for hydroxylation is 1. The van der Waals surface area contributed by atoms with Gasteiger partial charge in [-0.25, -0.2) is 4.79 Å². The molecule has 0 spiro atoms.